The summed E-state index contributed by atoms with van der Waals surface area (Å²) in [6.45, 7) is 9.67. The van der Waals surface area contributed by atoms with Gasteiger partial charge in [0.15, 0.2) is 0 Å². The van der Waals surface area contributed by atoms with E-state index < -0.39 is 10.0 Å². The number of rotatable bonds is 5. The molecule has 1 N–H and O–H groups in total. The minimum absolute atomic E-state index is 0.260. The molecule has 2 rings (SSSR count). The molecule has 27 heavy (non-hydrogen) atoms. The highest BCUT2D eigenvalue weighted by molar-refractivity contribution is 7.92. The van der Waals surface area contributed by atoms with E-state index >= 15 is 0 Å². The average molecular weight is 389 g/mol. The van der Waals surface area contributed by atoms with E-state index in [0.717, 1.165) is 22.9 Å². The Morgan fingerprint density at radius 2 is 1.59 bits per heavy atom. The van der Waals surface area contributed by atoms with Gasteiger partial charge < -0.3 is 5.32 Å². The van der Waals surface area contributed by atoms with Gasteiger partial charge in [-0.05, 0) is 54.2 Å². The van der Waals surface area contributed by atoms with Crippen molar-refractivity contribution in [1.82, 2.24) is 0 Å². The van der Waals surface area contributed by atoms with Gasteiger partial charge in [0, 0.05) is 5.69 Å². The molecule has 0 atom stereocenters. The third kappa shape index (κ3) is 5.57. The van der Waals surface area contributed by atoms with Crippen LogP contribution in [0.25, 0.3) is 0 Å². The minimum atomic E-state index is -3.63. The summed E-state index contributed by atoms with van der Waals surface area (Å²) in [6.07, 6.45) is 1.12. The molecule has 6 heteroatoms. The van der Waals surface area contributed by atoms with Crippen molar-refractivity contribution >= 4 is 27.3 Å². The van der Waals surface area contributed by atoms with Crippen molar-refractivity contribution in [2.24, 2.45) is 0 Å². The van der Waals surface area contributed by atoms with Crippen LogP contribution in [0.3, 0.4) is 0 Å². The molecule has 0 aliphatic heterocycles. The first-order valence-corrected chi connectivity index (χ1v) is 10.7. The normalized spacial score (nSPS) is 11.9. The summed E-state index contributed by atoms with van der Waals surface area (Å²) in [4.78, 5) is 12.6. The molecule has 5 nitrogen and oxygen atoms in total. The molecule has 0 aliphatic carbocycles. The van der Waals surface area contributed by atoms with E-state index in [0.29, 0.717) is 11.4 Å². The smallest absolute Gasteiger partial charge is 0.245 e. The zero-order chi connectivity index (χ0) is 20.4. The molecule has 0 aliphatic rings. The van der Waals surface area contributed by atoms with Gasteiger partial charge in [-0.3, -0.25) is 9.10 Å². The van der Waals surface area contributed by atoms with Gasteiger partial charge >= 0.3 is 0 Å². The topological polar surface area (TPSA) is 66.5 Å². The van der Waals surface area contributed by atoms with Crippen LogP contribution in [0, 0.1) is 13.8 Å². The molecule has 0 saturated heterocycles. The maximum atomic E-state index is 12.6. The lowest BCUT2D eigenvalue weighted by Crippen LogP contribution is -2.38. The van der Waals surface area contributed by atoms with Gasteiger partial charge in [0.2, 0.25) is 15.9 Å². The predicted molar refractivity (Wildman–Crippen MR) is 112 cm³/mol. The highest BCUT2D eigenvalue weighted by Crippen LogP contribution is 2.33. The second kappa shape index (κ2) is 7.72. The van der Waals surface area contributed by atoms with Gasteiger partial charge in [0.25, 0.3) is 0 Å². The zero-order valence-electron chi connectivity index (χ0n) is 16.8. The van der Waals surface area contributed by atoms with E-state index in [1.807, 2.05) is 65.0 Å². The molecule has 146 valence electrons. The average Bonchev–Trinajstić information content (AvgIpc) is 2.49. The van der Waals surface area contributed by atoms with Crippen LogP contribution in [0.15, 0.2) is 42.5 Å². The quantitative estimate of drug-likeness (QED) is 0.842. The fraction of sp³-hybridized carbons (Fsp3) is 0.381. The molecule has 0 heterocycles. The summed E-state index contributed by atoms with van der Waals surface area (Å²) < 4.78 is 26.1. The Hall–Kier alpha value is -2.34. The molecule has 0 radical (unpaired) electrons. The van der Waals surface area contributed by atoms with Gasteiger partial charge in [-0.1, -0.05) is 45.0 Å². The second-order valence-electron chi connectivity index (χ2n) is 7.96. The first-order chi connectivity index (χ1) is 12.4. The largest absolute Gasteiger partial charge is 0.324 e. The van der Waals surface area contributed by atoms with Crippen LogP contribution >= 0.6 is 0 Å². The Labute approximate surface area is 162 Å². The van der Waals surface area contributed by atoms with Gasteiger partial charge in [-0.25, -0.2) is 8.42 Å². The summed E-state index contributed by atoms with van der Waals surface area (Å²) in [6, 6.07) is 13.0. The molecule has 2 aromatic rings. The van der Waals surface area contributed by atoms with Crippen LogP contribution < -0.4 is 9.62 Å². The van der Waals surface area contributed by atoms with Crippen molar-refractivity contribution < 1.29 is 13.2 Å². The Balaban J connectivity index is 2.35. The van der Waals surface area contributed by atoms with Gasteiger partial charge in [-0.15, -0.1) is 0 Å². The third-order valence-corrected chi connectivity index (χ3v) is 5.30. The number of hydrogen-bond acceptors (Lipinski definition) is 3. The third-order valence-electron chi connectivity index (χ3n) is 4.17. The molecule has 0 fully saturated rings. The van der Waals surface area contributed by atoms with Crippen molar-refractivity contribution in [2.45, 2.75) is 40.0 Å². The zero-order valence-corrected chi connectivity index (χ0v) is 17.6. The maximum absolute atomic E-state index is 12.6. The lowest BCUT2D eigenvalue weighted by atomic mass is 9.86. The fourth-order valence-electron chi connectivity index (χ4n) is 3.08. The Morgan fingerprint density at radius 3 is 2.11 bits per heavy atom. The summed E-state index contributed by atoms with van der Waals surface area (Å²) in [7, 11) is -3.63. The highest BCUT2D eigenvalue weighted by atomic mass is 32.2. The Bertz CT molecular complexity index is 924. The number of amides is 1. The van der Waals surface area contributed by atoms with Crippen molar-refractivity contribution in [2.75, 3.05) is 22.4 Å². The molecule has 0 bridgehead atoms. The lowest BCUT2D eigenvalue weighted by molar-refractivity contribution is -0.114. The number of carbonyl (C=O) groups excluding carboxylic acids is 1. The summed E-state index contributed by atoms with van der Waals surface area (Å²) in [5.41, 5.74) is 3.86. The number of nitrogens with one attached hydrogen (secondary N) is 1. The molecule has 0 saturated carbocycles. The Kier molecular flexibility index (Phi) is 6.00. The van der Waals surface area contributed by atoms with Gasteiger partial charge in [-0.2, -0.15) is 0 Å². The standard InChI is InChI=1S/C21H28N2O3S/c1-15-11-16(2)13-17(12-15)22-20(24)14-23(27(6,25)26)19-10-8-7-9-18(19)21(3,4)5/h7-13H,14H2,1-6H3,(H,22,24). The number of aryl methyl sites for hydroxylation is 2. The van der Waals surface area contributed by atoms with Crippen molar-refractivity contribution in [3.8, 4) is 0 Å². The SMILES string of the molecule is Cc1cc(C)cc(NC(=O)CN(c2ccccc2C(C)(C)C)S(C)(=O)=O)c1. The number of hydrogen-bond donors (Lipinski definition) is 1. The van der Waals surface area contributed by atoms with Crippen molar-refractivity contribution in [3.63, 3.8) is 0 Å². The first-order valence-electron chi connectivity index (χ1n) is 8.83. The highest BCUT2D eigenvalue weighted by Gasteiger charge is 2.27. The molecule has 0 aromatic heterocycles. The van der Waals surface area contributed by atoms with Crippen LogP contribution in [-0.2, 0) is 20.2 Å². The summed E-state index contributed by atoms with van der Waals surface area (Å²) >= 11 is 0. The molecule has 1 amide bonds. The van der Waals surface area contributed by atoms with Crippen LogP contribution in [0.2, 0.25) is 0 Å². The van der Waals surface area contributed by atoms with E-state index in [-0.39, 0.29) is 17.9 Å². The van der Waals surface area contributed by atoms with Crippen LogP contribution in [0.4, 0.5) is 11.4 Å². The number of carbonyl (C=O) groups is 1. The second-order valence-corrected chi connectivity index (χ2v) is 9.87. The molecular formula is C21H28N2O3S. The van der Waals surface area contributed by atoms with E-state index in [1.165, 1.54) is 4.31 Å². The van der Waals surface area contributed by atoms with Crippen LogP contribution in [0.5, 0.6) is 0 Å². The number of sulfonamides is 1. The molecular weight excluding hydrogens is 360 g/mol. The van der Waals surface area contributed by atoms with Gasteiger partial charge in [0.05, 0.1) is 11.9 Å². The fourth-order valence-corrected chi connectivity index (χ4v) is 3.95. The van der Waals surface area contributed by atoms with E-state index in [1.54, 1.807) is 12.1 Å². The van der Waals surface area contributed by atoms with Gasteiger partial charge in [0.1, 0.15) is 6.54 Å². The summed E-state index contributed by atoms with van der Waals surface area (Å²) in [5, 5.41) is 2.81. The number of anilines is 2. The maximum Gasteiger partial charge on any atom is 0.245 e. The molecule has 2 aromatic carbocycles. The summed E-state index contributed by atoms with van der Waals surface area (Å²) in [5.74, 6) is -0.380. The number of nitrogens with zero attached hydrogens (tertiary/aromatic N) is 1. The van der Waals surface area contributed by atoms with E-state index in [4.69, 9.17) is 0 Å². The van der Waals surface area contributed by atoms with Crippen LogP contribution in [-0.4, -0.2) is 27.1 Å². The minimum Gasteiger partial charge on any atom is -0.324 e. The number of para-hydroxylation sites is 1. The first kappa shape index (κ1) is 21.0. The van der Waals surface area contributed by atoms with Crippen molar-refractivity contribution in [1.29, 1.82) is 0 Å². The number of benzene rings is 2. The lowest BCUT2D eigenvalue weighted by Gasteiger charge is -2.29. The molecule has 0 unspecified atom stereocenters. The molecule has 0 spiro atoms. The Morgan fingerprint density at radius 1 is 1.04 bits per heavy atom. The van der Waals surface area contributed by atoms with E-state index in [2.05, 4.69) is 5.32 Å². The van der Waals surface area contributed by atoms with Crippen LogP contribution in [0.1, 0.15) is 37.5 Å². The monoisotopic (exact) mass is 388 g/mol. The predicted octanol–water partition coefficient (Wildman–Crippen LogP) is 4.01. The van der Waals surface area contributed by atoms with Crippen molar-refractivity contribution in [3.05, 3.63) is 59.2 Å². The van der Waals surface area contributed by atoms with E-state index in [9.17, 15) is 13.2 Å².